The molecule has 0 atom stereocenters. The van der Waals surface area contributed by atoms with Crippen LogP contribution in [0.3, 0.4) is 0 Å². The lowest BCUT2D eigenvalue weighted by atomic mass is 9.96. The molecule has 0 N–H and O–H groups in total. The molecule has 0 bridgehead atoms. The summed E-state index contributed by atoms with van der Waals surface area (Å²) < 4.78 is 18.5. The summed E-state index contributed by atoms with van der Waals surface area (Å²) in [6.07, 6.45) is 5.54. The van der Waals surface area contributed by atoms with Crippen molar-refractivity contribution in [3.63, 3.8) is 0 Å². The molecule has 200 valence electrons. The van der Waals surface area contributed by atoms with Crippen LogP contribution in [-0.4, -0.2) is 81.9 Å². The summed E-state index contributed by atoms with van der Waals surface area (Å²) in [6, 6.07) is 10.4. The molecule has 4 heterocycles. The average Bonchev–Trinajstić information content (AvgIpc) is 3.40. The topological polar surface area (TPSA) is 54.2 Å². The summed E-state index contributed by atoms with van der Waals surface area (Å²) in [5.41, 5.74) is 2.91. The van der Waals surface area contributed by atoms with Crippen LogP contribution in [0.1, 0.15) is 38.4 Å². The Morgan fingerprint density at radius 2 is 1.68 bits per heavy atom. The van der Waals surface area contributed by atoms with Gasteiger partial charge in [-0.25, -0.2) is 4.98 Å². The molecule has 7 heteroatoms. The molecule has 0 radical (unpaired) electrons. The van der Waals surface area contributed by atoms with Crippen molar-refractivity contribution in [2.45, 2.75) is 45.1 Å². The lowest BCUT2D eigenvalue weighted by Gasteiger charge is -2.33. The summed E-state index contributed by atoms with van der Waals surface area (Å²) in [4.78, 5) is 12.2. The fourth-order valence-corrected chi connectivity index (χ4v) is 5.63. The van der Waals surface area contributed by atoms with Gasteiger partial charge in [-0.3, -0.25) is 0 Å². The van der Waals surface area contributed by atoms with E-state index in [2.05, 4.69) is 61.0 Å². The molecule has 1 aromatic carbocycles. The molecular formula is C30H42N4O3. The molecule has 0 saturated carbocycles. The smallest absolute Gasteiger partial charge is 0.163 e. The summed E-state index contributed by atoms with van der Waals surface area (Å²) in [5, 5.41) is 1.08. The van der Waals surface area contributed by atoms with E-state index in [1.165, 1.54) is 25.9 Å². The van der Waals surface area contributed by atoms with Gasteiger partial charge in [0.1, 0.15) is 17.6 Å². The Balaban J connectivity index is 1.52. The fourth-order valence-electron chi connectivity index (χ4n) is 5.63. The second-order valence-electron chi connectivity index (χ2n) is 10.9. The zero-order valence-electron chi connectivity index (χ0n) is 23.1. The first kappa shape index (κ1) is 25.9. The van der Waals surface area contributed by atoms with E-state index in [4.69, 9.17) is 18.9 Å². The number of aromatic nitrogens is 1. The molecule has 7 nitrogen and oxygen atoms in total. The molecule has 2 aliphatic heterocycles. The van der Waals surface area contributed by atoms with E-state index in [1.54, 1.807) is 7.11 Å². The number of furan rings is 1. The Labute approximate surface area is 221 Å². The van der Waals surface area contributed by atoms with Crippen LogP contribution in [0.5, 0.6) is 11.5 Å². The number of pyridine rings is 1. The van der Waals surface area contributed by atoms with Gasteiger partial charge in [0.2, 0.25) is 0 Å². The Bertz CT molecular complexity index is 1190. The number of anilines is 1. The van der Waals surface area contributed by atoms with Crippen molar-refractivity contribution in [1.82, 2.24) is 14.8 Å². The number of aryl methyl sites for hydroxylation is 1. The maximum atomic E-state index is 6.50. The second kappa shape index (κ2) is 11.3. The van der Waals surface area contributed by atoms with Gasteiger partial charge in [-0.1, -0.05) is 6.92 Å². The van der Waals surface area contributed by atoms with Crippen LogP contribution < -0.4 is 14.4 Å². The molecule has 2 aromatic heterocycles. The quantitative estimate of drug-likeness (QED) is 0.410. The molecule has 37 heavy (non-hydrogen) atoms. The van der Waals surface area contributed by atoms with Crippen molar-refractivity contribution in [2.75, 3.05) is 65.9 Å². The molecule has 2 saturated heterocycles. The van der Waals surface area contributed by atoms with E-state index in [0.29, 0.717) is 5.92 Å². The number of methoxy groups -OCH3 is 1. The highest BCUT2D eigenvalue weighted by Crippen LogP contribution is 2.39. The van der Waals surface area contributed by atoms with Crippen LogP contribution in [0.4, 0.5) is 5.69 Å². The van der Waals surface area contributed by atoms with Crippen LogP contribution in [0, 0.1) is 5.92 Å². The number of hydrogen-bond donors (Lipinski definition) is 0. The first-order valence-electron chi connectivity index (χ1n) is 13.8. The summed E-state index contributed by atoms with van der Waals surface area (Å²) in [7, 11) is 8.31. The summed E-state index contributed by atoms with van der Waals surface area (Å²) in [6.45, 7) is 7.55. The van der Waals surface area contributed by atoms with Crippen LogP contribution in [0.15, 0.2) is 34.7 Å². The maximum Gasteiger partial charge on any atom is 0.163 e. The van der Waals surface area contributed by atoms with Crippen molar-refractivity contribution >= 4 is 16.6 Å². The van der Waals surface area contributed by atoms with E-state index in [-0.39, 0.29) is 6.10 Å². The first-order valence-corrected chi connectivity index (χ1v) is 13.8. The van der Waals surface area contributed by atoms with Crippen LogP contribution in [0.2, 0.25) is 0 Å². The van der Waals surface area contributed by atoms with Crippen LogP contribution >= 0.6 is 0 Å². The minimum Gasteiger partial charge on any atom is -0.493 e. The predicted molar refractivity (Wildman–Crippen MR) is 150 cm³/mol. The molecular weight excluding hydrogens is 464 g/mol. The molecule has 2 aliphatic rings. The normalized spacial score (nSPS) is 18.4. The van der Waals surface area contributed by atoms with E-state index in [0.717, 1.165) is 84.2 Å². The highest BCUT2D eigenvalue weighted by atomic mass is 16.5. The second-order valence-corrected chi connectivity index (χ2v) is 10.9. The van der Waals surface area contributed by atoms with Crippen molar-refractivity contribution in [2.24, 2.45) is 5.92 Å². The molecule has 0 unspecified atom stereocenters. The third-order valence-corrected chi connectivity index (χ3v) is 8.08. The zero-order valence-corrected chi connectivity index (χ0v) is 23.1. The molecule has 0 aliphatic carbocycles. The summed E-state index contributed by atoms with van der Waals surface area (Å²) >= 11 is 0. The number of fused-ring (bicyclic) bond motifs is 1. The Kier molecular flexibility index (Phi) is 7.91. The van der Waals surface area contributed by atoms with Gasteiger partial charge in [-0.2, -0.15) is 0 Å². The van der Waals surface area contributed by atoms with Gasteiger partial charge in [-0.15, -0.1) is 0 Å². The standard InChI is InChI=1S/C30H42N4O3/c1-6-22-7-8-28(36-22)26-18-27(34(4)20-21-9-13-32(2)14-10-21)24-17-29(35-5)30(19-25(24)31-26)37-23-11-15-33(3)16-12-23/h7-8,17-19,21,23H,6,9-16,20H2,1-5H3. The number of ether oxygens (including phenoxy) is 2. The van der Waals surface area contributed by atoms with Gasteiger partial charge in [0.15, 0.2) is 17.3 Å². The number of nitrogens with zero attached hydrogens (tertiary/aromatic N) is 4. The van der Waals surface area contributed by atoms with E-state index >= 15 is 0 Å². The number of hydrogen-bond acceptors (Lipinski definition) is 7. The maximum absolute atomic E-state index is 6.50. The monoisotopic (exact) mass is 506 g/mol. The average molecular weight is 507 g/mol. The number of rotatable bonds is 8. The lowest BCUT2D eigenvalue weighted by molar-refractivity contribution is 0.111. The van der Waals surface area contributed by atoms with Gasteiger partial charge in [0.05, 0.1) is 12.6 Å². The molecule has 3 aromatic rings. The van der Waals surface area contributed by atoms with Crippen molar-refractivity contribution in [1.29, 1.82) is 0 Å². The summed E-state index contributed by atoms with van der Waals surface area (Å²) in [5.74, 6) is 3.99. The van der Waals surface area contributed by atoms with Gasteiger partial charge >= 0.3 is 0 Å². The third kappa shape index (κ3) is 5.88. The van der Waals surface area contributed by atoms with E-state index in [9.17, 15) is 0 Å². The number of likely N-dealkylation sites (tertiary alicyclic amines) is 2. The SMILES string of the molecule is CCc1ccc(-c2cc(N(C)CC3CCN(C)CC3)c3cc(OC)c(OC4CCN(C)CC4)cc3n2)o1. The highest BCUT2D eigenvalue weighted by Gasteiger charge is 2.23. The molecule has 2 fully saturated rings. The highest BCUT2D eigenvalue weighted by molar-refractivity contribution is 5.96. The van der Waals surface area contributed by atoms with Crippen molar-refractivity contribution < 1.29 is 13.9 Å². The molecule has 0 spiro atoms. The Morgan fingerprint density at radius 1 is 0.973 bits per heavy atom. The molecule has 0 amide bonds. The van der Waals surface area contributed by atoms with Gasteiger partial charge in [0.25, 0.3) is 0 Å². The minimum atomic E-state index is 0.189. The predicted octanol–water partition coefficient (Wildman–Crippen LogP) is 5.32. The van der Waals surface area contributed by atoms with Crippen LogP contribution in [-0.2, 0) is 6.42 Å². The Hall–Kier alpha value is -2.77. The third-order valence-electron chi connectivity index (χ3n) is 8.08. The largest absolute Gasteiger partial charge is 0.493 e. The van der Waals surface area contributed by atoms with Crippen molar-refractivity contribution in [3.05, 3.63) is 36.1 Å². The van der Waals surface area contributed by atoms with Crippen LogP contribution in [0.25, 0.3) is 22.4 Å². The Morgan fingerprint density at radius 3 is 2.32 bits per heavy atom. The van der Waals surface area contributed by atoms with E-state index in [1.807, 2.05) is 12.1 Å². The first-order chi connectivity index (χ1) is 17.9. The number of piperidine rings is 2. The van der Waals surface area contributed by atoms with Gasteiger partial charge in [-0.05, 0) is 83.1 Å². The zero-order chi connectivity index (χ0) is 25.9. The number of benzene rings is 1. The van der Waals surface area contributed by atoms with Crippen molar-refractivity contribution in [3.8, 4) is 23.0 Å². The minimum absolute atomic E-state index is 0.189. The van der Waals surface area contributed by atoms with E-state index < -0.39 is 0 Å². The van der Waals surface area contributed by atoms with Gasteiger partial charge < -0.3 is 28.6 Å². The lowest BCUT2D eigenvalue weighted by Crippen LogP contribution is -2.36. The fraction of sp³-hybridized carbons (Fsp3) is 0.567. The van der Waals surface area contributed by atoms with Gasteiger partial charge in [0, 0.05) is 50.2 Å². The molecule has 5 rings (SSSR count).